The number of anilines is 1. The number of fused-ring (bicyclic) bond motifs is 1. The molecule has 32 heavy (non-hydrogen) atoms. The highest BCUT2D eigenvalue weighted by Gasteiger charge is 2.35. The first kappa shape index (κ1) is 22.3. The van der Waals surface area contributed by atoms with Gasteiger partial charge in [-0.25, -0.2) is 12.8 Å². The molecule has 4 rings (SSSR count). The first-order chi connectivity index (χ1) is 15.3. The van der Waals surface area contributed by atoms with Crippen molar-refractivity contribution in [2.45, 2.75) is 31.2 Å². The molecule has 7 nitrogen and oxygen atoms in total. The van der Waals surface area contributed by atoms with Gasteiger partial charge in [0.15, 0.2) is 0 Å². The number of amidine groups is 1. The number of halogens is 1. The summed E-state index contributed by atoms with van der Waals surface area (Å²) in [6.07, 6.45) is 0.719. The average Bonchev–Trinajstić information content (AvgIpc) is 3.07. The summed E-state index contributed by atoms with van der Waals surface area (Å²) >= 11 is 0. The number of hydrogen-bond acceptors (Lipinski definition) is 5. The van der Waals surface area contributed by atoms with Crippen molar-refractivity contribution in [1.29, 1.82) is 0 Å². The quantitative estimate of drug-likeness (QED) is 0.747. The number of para-hydroxylation sites is 1. The minimum Gasteiger partial charge on any atom is -0.366 e. The Bertz CT molecular complexity index is 1140. The average molecular weight is 459 g/mol. The van der Waals surface area contributed by atoms with E-state index in [1.165, 1.54) is 12.1 Å². The predicted molar refractivity (Wildman–Crippen MR) is 122 cm³/mol. The second kappa shape index (κ2) is 8.90. The van der Waals surface area contributed by atoms with Crippen molar-refractivity contribution in [3.05, 3.63) is 59.9 Å². The van der Waals surface area contributed by atoms with Gasteiger partial charge in [-0.1, -0.05) is 44.5 Å². The monoisotopic (exact) mass is 458 g/mol. The van der Waals surface area contributed by atoms with Gasteiger partial charge in [0.2, 0.25) is 5.91 Å². The van der Waals surface area contributed by atoms with Crippen LogP contribution in [-0.2, 0) is 14.8 Å². The lowest BCUT2D eigenvalue weighted by atomic mass is 9.97. The van der Waals surface area contributed by atoms with Crippen molar-refractivity contribution in [3.63, 3.8) is 0 Å². The van der Waals surface area contributed by atoms with Gasteiger partial charge in [0.1, 0.15) is 17.7 Å². The number of carbonyl (C=O) groups excluding carboxylic acids is 1. The van der Waals surface area contributed by atoms with Crippen molar-refractivity contribution >= 4 is 27.5 Å². The molecule has 1 fully saturated rings. The Labute approximate surface area is 188 Å². The second-order valence-corrected chi connectivity index (χ2v) is 9.82. The molecular weight excluding hydrogens is 431 g/mol. The highest BCUT2D eigenvalue weighted by atomic mass is 32.2. The van der Waals surface area contributed by atoms with E-state index in [4.69, 9.17) is 0 Å². The first-order valence-electron chi connectivity index (χ1n) is 10.8. The molecule has 0 unspecified atom stereocenters. The summed E-state index contributed by atoms with van der Waals surface area (Å²) in [5.74, 6) is -0.270. The van der Waals surface area contributed by atoms with Gasteiger partial charge < -0.3 is 9.80 Å². The molecule has 2 aromatic rings. The van der Waals surface area contributed by atoms with Gasteiger partial charge in [0.05, 0.1) is 10.6 Å². The second-order valence-electron chi connectivity index (χ2n) is 8.17. The fourth-order valence-electron chi connectivity index (χ4n) is 4.08. The molecular formula is C23H27FN4O3S. The number of hydrogen-bond donors (Lipinski definition) is 1. The Morgan fingerprint density at radius 3 is 2.44 bits per heavy atom. The topological polar surface area (TPSA) is 82.1 Å². The van der Waals surface area contributed by atoms with Crippen LogP contribution in [0.5, 0.6) is 0 Å². The van der Waals surface area contributed by atoms with E-state index < -0.39 is 16.1 Å². The summed E-state index contributed by atoms with van der Waals surface area (Å²) in [6.45, 7) is 5.87. The summed E-state index contributed by atoms with van der Waals surface area (Å²) in [5.41, 5.74) is 1.02. The summed E-state index contributed by atoms with van der Waals surface area (Å²) in [7, 11) is -3.67. The lowest BCUT2D eigenvalue weighted by Gasteiger charge is -2.37. The van der Waals surface area contributed by atoms with Crippen LogP contribution in [0.2, 0.25) is 0 Å². The van der Waals surface area contributed by atoms with Crippen molar-refractivity contribution in [1.82, 2.24) is 9.62 Å². The number of sulfonamides is 1. The molecule has 0 saturated carbocycles. The highest BCUT2D eigenvalue weighted by molar-refractivity contribution is 7.90. The van der Waals surface area contributed by atoms with E-state index in [1.54, 1.807) is 41.3 Å². The molecule has 170 valence electrons. The molecule has 9 heteroatoms. The predicted octanol–water partition coefficient (Wildman–Crippen LogP) is 2.63. The number of piperazine rings is 1. The molecule has 1 saturated heterocycles. The van der Waals surface area contributed by atoms with Crippen LogP contribution in [0.4, 0.5) is 10.1 Å². The molecule has 2 aliphatic heterocycles. The van der Waals surface area contributed by atoms with Crippen LogP contribution in [0.25, 0.3) is 0 Å². The number of nitrogens with zero attached hydrogens (tertiary/aromatic N) is 3. The van der Waals surface area contributed by atoms with Gasteiger partial charge >= 0.3 is 0 Å². The summed E-state index contributed by atoms with van der Waals surface area (Å²) in [6, 6.07) is 12.6. The Hall–Kier alpha value is -2.94. The van der Waals surface area contributed by atoms with Gasteiger partial charge in [-0.2, -0.15) is 0 Å². The van der Waals surface area contributed by atoms with Crippen LogP contribution in [0, 0.1) is 11.7 Å². The lowest BCUT2D eigenvalue weighted by molar-refractivity contribution is -0.133. The standard InChI is InChI=1S/C23H27FN4O3S/c1-3-16(2)21(25-22-17-8-4-7-11-20(17)32(30,31)26-22)23(29)28-14-12-27(13-15-28)19-10-6-5-9-18(19)24/h4-11,16,21H,3,12-15H2,1-2H3,(H,25,26)/t16-,21-/m0/s1. The summed E-state index contributed by atoms with van der Waals surface area (Å²) in [4.78, 5) is 21.9. The van der Waals surface area contributed by atoms with E-state index in [1.807, 2.05) is 18.7 Å². The van der Waals surface area contributed by atoms with Gasteiger partial charge in [-0.3, -0.25) is 14.5 Å². The smallest absolute Gasteiger partial charge is 0.263 e. The van der Waals surface area contributed by atoms with E-state index in [-0.39, 0.29) is 28.4 Å². The van der Waals surface area contributed by atoms with Crippen LogP contribution in [0.1, 0.15) is 25.8 Å². The van der Waals surface area contributed by atoms with Crippen LogP contribution in [0.15, 0.2) is 58.4 Å². The molecule has 2 heterocycles. The maximum absolute atomic E-state index is 14.1. The van der Waals surface area contributed by atoms with Gasteiger partial charge in [-0.05, 0) is 30.2 Å². The lowest BCUT2D eigenvalue weighted by Crippen LogP contribution is -2.52. The zero-order valence-electron chi connectivity index (χ0n) is 18.2. The number of carbonyl (C=O) groups is 1. The molecule has 0 radical (unpaired) electrons. The van der Waals surface area contributed by atoms with Crippen molar-refractivity contribution < 1.29 is 17.6 Å². The summed E-state index contributed by atoms with van der Waals surface area (Å²) in [5, 5.41) is 0. The highest BCUT2D eigenvalue weighted by Crippen LogP contribution is 2.25. The summed E-state index contributed by atoms with van der Waals surface area (Å²) < 4.78 is 41.5. The van der Waals surface area contributed by atoms with E-state index in [2.05, 4.69) is 9.71 Å². The normalized spacial score (nSPS) is 20.5. The third-order valence-electron chi connectivity index (χ3n) is 6.15. The Balaban J connectivity index is 1.54. The molecule has 2 aromatic carbocycles. The minimum absolute atomic E-state index is 0.0723. The molecule has 1 N–H and O–H groups in total. The fraction of sp³-hybridized carbons (Fsp3) is 0.391. The van der Waals surface area contributed by atoms with Gasteiger partial charge in [-0.15, -0.1) is 0 Å². The zero-order valence-corrected chi connectivity index (χ0v) is 19.0. The fourth-order valence-corrected chi connectivity index (χ4v) is 5.32. The van der Waals surface area contributed by atoms with Crippen LogP contribution < -0.4 is 9.62 Å². The Kier molecular flexibility index (Phi) is 6.19. The maximum atomic E-state index is 14.1. The Morgan fingerprint density at radius 2 is 1.75 bits per heavy atom. The first-order valence-corrected chi connectivity index (χ1v) is 12.3. The van der Waals surface area contributed by atoms with E-state index in [0.29, 0.717) is 37.4 Å². The number of nitrogens with one attached hydrogen (secondary N) is 1. The number of benzene rings is 2. The van der Waals surface area contributed by atoms with Crippen molar-refractivity contribution in [2.75, 3.05) is 31.1 Å². The minimum atomic E-state index is -3.67. The van der Waals surface area contributed by atoms with Crippen LogP contribution >= 0.6 is 0 Å². The largest absolute Gasteiger partial charge is 0.366 e. The van der Waals surface area contributed by atoms with Gasteiger partial charge in [0.25, 0.3) is 10.0 Å². The van der Waals surface area contributed by atoms with E-state index >= 15 is 0 Å². The van der Waals surface area contributed by atoms with Crippen molar-refractivity contribution in [2.24, 2.45) is 10.9 Å². The molecule has 0 aliphatic carbocycles. The molecule has 1 amide bonds. The third-order valence-corrected chi connectivity index (χ3v) is 7.55. The number of amides is 1. The molecule has 0 spiro atoms. The Morgan fingerprint density at radius 1 is 1.09 bits per heavy atom. The van der Waals surface area contributed by atoms with Crippen LogP contribution in [0.3, 0.4) is 0 Å². The number of rotatable bonds is 5. The van der Waals surface area contributed by atoms with Gasteiger partial charge in [0, 0.05) is 31.7 Å². The molecule has 2 aliphatic rings. The van der Waals surface area contributed by atoms with Crippen LogP contribution in [-0.4, -0.2) is 57.3 Å². The zero-order chi connectivity index (χ0) is 22.9. The molecule has 2 atom stereocenters. The SMILES string of the molecule is CC[C@H](C)[C@H](N=C1NS(=O)(=O)c2ccccc21)C(=O)N1CCN(c2ccccc2F)CC1. The van der Waals surface area contributed by atoms with E-state index in [0.717, 1.165) is 6.42 Å². The third kappa shape index (κ3) is 4.21. The van der Waals surface area contributed by atoms with E-state index in [9.17, 15) is 17.6 Å². The number of aliphatic imine (C=N–C) groups is 1. The molecule has 0 bridgehead atoms. The molecule has 0 aromatic heterocycles. The maximum Gasteiger partial charge on any atom is 0.263 e. The van der Waals surface area contributed by atoms with Crippen molar-refractivity contribution in [3.8, 4) is 0 Å².